The molecule has 0 unspecified atom stereocenters. The van der Waals surface area contributed by atoms with Gasteiger partial charge in [0, 0.05) is 11.6 Å². The highest BCUT2D eigenvalue weighted by molar-refractivity contribution is 5.63. The van der Waals surface area contributed by atoms with Crippen molar-refractivity contribution in [3.8, 4) is 17.0 Å². The number of anilines is 1. The van der Waals surface area contributed by atoms with E-state index in [2.05, 4.69) is 39.6 Å². The second-order valence-electron chi connectivity index (χ2n) is 6.52. The van der Waals surface area contributed by atoms with Gasteiger partial charge >= 0.3 is 0 Å². The lowest BCUT2D eigenvalue weighted by atomic mass is 9.88. The summed E-state index contributed by atoms with van der Waals surface area (Å²) in [6.07, 6.45) is 3.44. The Hall–Kier alpha value is -2.88. The van der Waals surface area contributed by atoms with Gasteiger partial charge in [-0.1, -0.05) is 24.3 Å². The van der Waals surface area contributed by atoms with Crippen molar-refractivity contribution in [1.29, 1.82) is 0 Å². The van der Waals surface area contributed by atoms with E-state index in [9.17, 15) is 5.11 Å². The Labute approximate surface area is 147 Å². The van der Waals surface area contributed by atoms with Gasteiger partial charge in [-0.05, 0) is 61.6 Å². The number of nitrogens with one attached hydrogen (secondary N) is 1. The number of benzene rings is 2. The SMILES string of the molecule is Cc1nc(N[C@@H]2CCCc3ccccc32)cc(-c2ccc(O)cc2)n1. The van der Waals surface area contributed by atoms with Gasteiger partial charge in [0.25, 0.3) is 0 Å². The Morgan fingerprint density at radius 3 is 2.68 bits per heavy atom. The lowest BCUT2D eigenvalue weighted by Gasteiger charge is -2.27. The fourth-order valence-electron chi connectivity index (χ4n) is 3.50. The Morgan fingerprint density at radius 1 is 1.04 bits per heavy atom. The number of phenols is 1. The lowest BCUT2D eigenvalue weighted by Crippen LogP contribution is -2.18. The number of phenolic OH excluding ortho intramolecular Hbond substituents is 1. The summed E-state index contributed by atoms with van der Waals surface area (Å²) in [6, 6.07) is 18.0. The molecule has 0 fully saturated rings. The summed E-state index contributed by atoms with van der Waals surface area (Å²) in [4.78, 5) is 9.11. The van der Waals surface area contributed by atoms with Crippen LogP contribution in [0.4, 0.5) is 5.82 Å². The van der Waals surface area contributed by atoms with Crippen molar-refractivity contribution < 1.29 is 5.11 Å². The molecule has 0 aliphatic heterocycles. The largest absolute Gasteiger partial charge is 0.508 e. The third kappa shape index (κ3) is 3.33. The van der Waals surface area contributed by atoms with E-state index in [1.165, 1.54) is 17.5 Å². The van der Waals surface area contributed by atoms with Crippen molar-refractivity contribution in [2.24, 2.45) is 0 Å². The van der Waals surface area contributed by atoms with Crippen LogP contribution in [0.2, 0.25) is 0 Å². The van der Waals surface area contributed by atoms with Gasteiger partial charge in [0.2, 0.25) is 0 Å². The van der Waals surface area contributed by atoms with Gasteiger partial charge in [0.15, 0.2) is 0 Å². The van der Waals surface area contributed by atoms with Crippen molar-refractivity contribution in [2.75, 3.05) is 5.32 Å². The summed E-state index contributed by atoms with van der Waals surface area (Å²) < 4.78 is 0. The van der Waals surface area contributed by atoms with Crippen LogP contribution in [-0.2, 0) is 6.42 Å². The summed E-state index contributed by atoms with van der Waals surface area (Å²) in [5, 5.41) is 13.1. The van der Waals surface area contributed by atoms with E-state index >= 15 is 0 Å². The molecular formula is C21H21N3O. The summed E-state index contributed by atoms with van der Waals surface area (Å²) >= 11 is 0. The Balaban J connectivity index is 1.65. The molecule has 1 aliphatic rings. The molecule has 0 bridgehead atoms. The number of rotatable bonds is 3. The van der Waals surface area contributed by atoms with Gasteiger partial charge in [-0.2, -0.15) is 0 Å². The maximum Gasteiger partial charge on any atom is 0.130 e. The number of hydrogen-bond acceptors (Lipinski definition) is 4. The van der Waals surface area contributed by atoms with Crippen LogP contribution in [0.15, 0.2) is 54.6 Å². The van der Waals surface area contributed by atoms with E-state index in [1.54, 1.807) is 12.1 Å². The number of aryl methyl sites for hydroxylation is 2. The molecule has 4 nitrogen and oxygen atoms in total. The van der Waals surface area contributed by atoms with Crippen LogP contribution < -0.4 is 5.32 Å². The predicted molar refractivity (Wildman–Crippen MR) is 99.6 cm³/mol. The maximum atomic E-state index is 9.48. The molecule has 25 heavy (non-hydrogen) atoms. The van der Waals surface area contributed by atoms with Crippen LogP contribution in [-0.4, -0.2) is 15.1 Å². The zero-order chi connectivity index (χ0) is 17.2. The molecule has 0 saturated heterocycles. The van der Waals surface area contributed by atoms with E-state index < -0.39 is 0 Å². The molecule has 1 aliphatic carbocycles. The second kappa shape index (κ2) is 6.55. The monoisotopic (exact) mass is 331 g/mol. The van der Waals surface area contributed by atoms with E-state index in [4.69, 9.17) is 0 Å². The Bertz CT molecular complexity index is 890. The minimum atomic E-state index is 0.256. The predicted octanol–water partition coefficient (Wildman–Crippen LogP) is 4.65. The normalized spacial score (nSPS) is 16.3. The maximum absolute atomic E-state index is 9.48. The highest BCUT2D eigenvalue weighted by atomic mass is 16.3. The molecule has 1 atom stereocenters. The van der Waals surface area contributed by atoms with Crippen LogP contribution in [0.5, 0.6) is 5.75 Å². The lowest BCUT2D eigenvalue weighted by molar-refractivity contribution is 0.475. The van der Waals surface area contributed by atoms with E-state index in [0.717, 1.165) is 35.7 Å². The zero-order valence-electron chi connectivity index (χ0n) is 14.2. The van der Waals surface area contributed by atoms with Gasteiger partial charge in [-0.15, -0.1) is 0 Å². The van der Waals surface area contributed by atoms with Crippen molar-refractivity contribution in [1.82, 2.24) is 9.97 Å². The van der Waals surface area contributed by atoms with Gasteiger partial charge in [-0.3, -0.25) is 0 Å². The molecule has 4 rings (SSSR count). The third-order valence-corrected chi connectivity index (χ3v) is 4.69. The van der Waals surface area contributed by atoms with Crippen molar-refractivity contribution >= 4 is 5.82 Å². The number of fused-ring (bicyclic) bond motifs is 1. The molecule has 2 aromatic carbocycles. The fourth-order valence-corrected chi connectivity index (χ4v) is 3.50. The molecule has 1 heterocycles. The molecule has 0 amide bonds. The molecule has 0 radical (unpaired) electrons. The number of hydrogen-bond donors (Lipinski definition) is 2. The molecular weight excluding hydrogens is 310 g/mol. The zero-order valence-corrected chi connectivity index (χ0v) is 14.2. The van der Waals surface area contributed by atoms with Gasteiger partial charge in [0.05, 0.1) is 11.7 Å². The number of aromatic nitrogens is 2. The molecule has 0 spiro atoms. The molecule has 3 aromatic rings. The Morgan fingerprint density at radius 2 is 1.84 bits per heavy atom. The summed E-state index contributed by atoms with van der Waals surface area (Å²) in [5.74, 6) is 1.83. The first-order valence-electron chi connectivity index (χ1n) is 8.68. The van der Waals surface area contributed by atoms with Crippen molar-refractivity contribution in [2.45, 2.75) is 32.2 Å². The van der Waals surface area contributed by atoms with Crippen LogP contribution in [0.3, 0.4) is 0 Å². The minimum absolute atomic E-state index is 0.256. The van der Waals surface area contributed by atoms with E-state index in [1.807, 2.05) is 25.1 Å². The minimum Gasteiger partial charge on any atom is -0.508 e. The molecule has 2 N–H and O–H groups in total. The molecule has 126 valence electrons. The van der Waals surface area contributed by atoms with Gasteiger partial charge in [0.1, 0.15) is 17.4 Å². The Kier molecular flexibility index (Phi) is 4.10. The van der Waals surface area contributed by atoms with E-state index in [0.29, 0.717) is 0 Å². The number of aromatic hydroxyl groups is 1. The van der Waals surface area contributed by atoms with Crippen LogP contribution >= 0.6 is 0 Å². The fraction of sp³-hybridized carbons (Fsp3) is 0.238. The second-order valence-corrected chi connectivity index (χ2v) is 6.52. The summed E-state index contributed by atoms with van der Waals surface area (Å²) in [7, 11) is 0. The summed E-state index contributed by atoms with van der Waals surface area (Å²) in [5.41, 5.74) is 4.63. The smallest absolute Gasteiger partial charge is 0.130 e. The van der Waals surface area contributed by atoms with Gasteiger partial charge < -0.3 is 10.4 Å². The molecule has 0 saturated carbocycles. The van der Waals surface area contributed by atoms with Crippen molar-refractivity contribution in [3.63, 3.8) is 0 Å². The van der Waals surface area contributed by atoms with Gasteiger partial charge in [-0.25, -0.2) is 9.97 Å². The quantitative estimate of drug-likeness (QED) is 0.733. The first-order chi connectivity index (χ1) is 12.2. The van der Waals surface area contributed by atoms with Crippen LogP contribution in [0.1, 0.15) is 35.8 Å². The molecule has 4 heteroatoms. The topological polar surface area (TPSA) is 58.0 Å². The average Bonchev–Trinajstić information content (AvgIpc) is 2.62. The molecule has 1 aromatic heterocycles. The highest BCUT2D eigenvalue weighted by Gasteiger charge is 2.20. The average molecular weight is 331 g/mol. The standard InChI is InChI=1S/C21H21N3O/c1-14-22-20(16-9-11-17(25)12-10-16)13-21(23-14)24-19-8-4-6-15-5-2-3-7-18(15)19/h2-3,5,7,9-13,19,25H,4,6,8H2,1H3,(H,22,23,24)/t19-/m1/s1. The highest BCUT2D eigenvalue weighted by Crippen LogP contribution is 2.32. The van der Waals surface area contributed by atoms with Crippen molar-refractivity contribution in [3.05, 3.63) is 71.5 Å². The first-order valence-corrected chi connectivity index (χ1v) is 8.68. The third-order valence-electron chi connectivity index (χ3n) is 4.69. The number of nitrogens with zero attached hydrogens (tertiary/aromatic N) is 2. The van der Waals surface area contributed by atoms with Crippen LogP contribution in [0.25, 0.3) is 11.3 Å². The first kappa shape index (κ1) is 15.6. The van der Waals surface area contributed by atoms with Crippen LogP contribution in [0, 0.1) is 6.92 Å². The van der Waals surface area contributed by atoms with E-state index in [-0.39, 0.29) is 11.8 Å². The summed E-state index contributed by atoms with van der Waals surface area (Å²) in [6.45, 7) is 1.91.